The van der Waals surface area contributed by atoms with Crippen molar-refractivity contribution >= 4 is 35.1 Å². The molecule has 0 aliphatic carbocycles. The van der Waals surface area contributed by atoms with Gasteiger partial charge in [-0.25, -0.2) is 4.79 Å². The summed E-state index contributed by atoms with van der Waals surface area (Å²) in [6.07, 6.45) is 1.51. The molecule has 0 radical (unpaired) electrons. The first-order valence-electron chi connectivity index (χ1n) is 10.3. The molecule has 2 rings (SSSR count). The monoisotopic (exact) mass is 433 g/mol. The maximum Gasteiger partial charge on any atom is 0.349 e. The zero-order valence-electron chi connectivity index (χ0n) is 18.7. The van der Waals surface area contributed by atoms with Gasteiger partial charge in [0.2, 0.25) is 11.7 Å². The second kappa shape index (κ2) is 11.5. The number of ether oxygens (including phenoxy) is 1. The van der Waals surface area contributed by atoms with Gasteiger partial charge in [-0.15, -0.1) is 0 Å². The molecule has 0 spiro atoms. The molecule has 0 aromatic heterocycles. The summed E-state index contributed by atoms with van der Waals surface area (Å²) in [5.74, 6) is -1.37. The van der Waals surface area contributed by atoms with Crippen LogP contribution in [0.1, 0.15) is 42.6 Å². The van der Waals surface area contributed by atoms with E-state index in [0.717, 1.165) is 12.1 Å². The number of Topliss-reactive ketones (excluding diaryl/α,β-unsaturated/α-hetero) is 1. The molecule has 0 heterocycles. The van der Waals surface area contributed by atoms with Gasteiger partial charge in [-0.1, -0.05) is 19.1 Å². The Balaban J connectivity index is 2.04. The normalized spacial score (nSPS) is 11.8. The van der Waals surface area contributed by atoms with Crippen molar-refractivity contribution < 1.29 is 19.1 Å². The number of carbonyl (C=O) groups excluding carboxylic acids is 3. The van der Waals surface area contributed by atoms with Crippen LogP contribution in [0.25, 0.3) is 6.08 Å². The van der Waals surface area contributed by atoms with Crippen LogP contribution >= 0.6 is 0 Å². The number of anilines is 2. The number of nitriles is 1. The van der Waals surface area contributed by atoms with Crippen molar-refractivity contribution in [1.29, 1.82) is 5.26 Å². The Hall–Kier alpha value is -3.92. The average Bonchev–Trinajstić information content (AvgIpc) is 2.77. The Labute approximate surface area is 188 Å². The quantitative estimate of drug-likeness (QED) is 0.275. The summed E-state index contributed by atoms with van der Waals surface area (Å²) in [4.78, 5) is 38.6. The van der Waals surface area contributed by atoms with E-state index < -0.39 is 17.9 Å². The number of nitrogens with zero attached hydrogens (tertiary/aromatic N) is 2. The molecule has 7 nitrogen and oxygen atoms in total. The van der Waals surface area contributed by atoms with Gasteiger partial charge in [-0.05, 0) is 61.4 Å². The number of carbonyl (C=O) groups is 3. The first-order chi connectivity index (χ1) is 15.2. The predicted molar refractivity (Wildman–Crippen MR) is 124 cm³/mol. The molecular formula is C25H27N3O4. The third kappa shape index (κ3) is 6.81. The van der Waals surface area contributed by atoms with Crippen LogP contribution in [0.3, 0.4) is 0 Å². The molecular weight excluding hydrogens is 406 g/mol. The van der Waals surface area contributed by atoms with E-state index in [1.54, 1.807) is 36.4 Å². The lowest BCUT2D eigenvalue weighted by molar-refractivity contribution is -0.141. The molecule has 0 saturated heterocycles. The molecule has 0 fully saturated rings. The Morgan fingerprint density at radius 3 is 2.25 bits per heavy atom. The summed E-state index contributed by atoms with van der Waals surface area (Å²) in [6, 6.07) is 15.5. The standard InChI is InChI=1S/C25H27N3O4/c1-5-6-23(29)27-21-11-9-19(10-12-21)24(30)17(2)32-25(31)20(16-26)15-18-7-13-22(14-8-18)28(3)4/h7-15,17H,5-6H2,1-4H3,(H,27,29). The smallest absolute Gasteiger partial charge is 0.349 e. The molecule has 0 saturated carbocycles. The minimum Gasteiger partial charge on any atom is -0.450 e. The summed E-state index contributed by atoms with van der Waals surface area (Å²) in [6.45, 7) is 3.37. The Kier molecular flexibility index (Phi) is 8.72. The van der Waals surface area contributed by atoms with Gasteiger partial charge in [0.05, 0.1) is 0 Å². The first-order valence-corrected chi connectivity index (χ1v) is 10.3. The van der Waals surface area contributed by atoms with Gasteiger partial charge in [-0.2, -0.15) is 5.26 Å². The number of hydrogen-bond donors (Lipinski definition) is 1. The number of amides is 1. The van der Waals surface area contributed by atoms with Crippen molar-refractivity contribution in [1.82, 2.24) is 0 Å². The van der Waals surface area contributed by atoms with Crippen LogP contribution in [0.15, 0.2) is 54.1 Å². The van der Waals surface area contributed by atoms with Crippen LogP contribution in [0.2, 0.25) is 0 Å². The van der Waals surface area contributed by atoms with Gasteiger partial charge in [0.15, 0.2) is 6.10 Å². The molecule has 1 atom stereocenters. The number of hydrogen-bond acceptors (Lipinski definition) is 6. The topological polar surface area (TPSA) is 99.5 Å². The highest BCUT2D eigenvalue weighted by atomic mass is 16.5. The maximum absolute atomic E-state index is 12.6. The first kappa shape index (κ1) is 24.4. The zero-order valence-corrected chi connectivity index (χ0v) is 18.7. The van der Waals surface area contributed by atoms with Gasteiger partial charge in [0.25, 0.3) is 0 Å². The van der Waals surface area contributed by atoms with Crippen molar-refractivity contribution in [2.45, 2.75) is 32.8 Å². The van der Waals surface area contributed by atoms with Gasteiger partial charge in [-0.3, -0.25) is 9.59 Å². The van der Waals surface area contributed by atoms with Gasteiger partial charge in [0.1, 0.15) is 11.6 Å². The van der Waals surface area contributed by atoms with Crippen molar-refractivity contribution in [3.05, 3.63) is 65.2 Å². The largest absolute Gasteiger partial charge is 0.450 e. The Bertz CT molecular complexity index is 1030. The van der Waals surface area contributed by atoms with E-state index >= 15 is 0 Å². The fourth-order valence-electron chi connectivity index (χ4n) is 2.85. The molecule has 1 N–H and O–H groups in total. The molecule has 0 bridgehead atoms. The molecule has 2 aromatic rings. The van der Waals surface area contributed by atoms with Crippen molar-refractivity contribution in [2.75, 3.05) is 24.3 Å². The average molecular weight is 434 g/mol. The summed E-state index contributed by atoms with van der Waals surface area (Å²) in [5, 5.41) is 12.1. The fourth-order valence-corrected chi connectivity index (χ4v) is 2.85. The van der Waals surface area contributed by atoms with Crippen molar-refractivity contribution in [3.63, 3.8) is 0 Å². The molecule has 32 heavy (non-hydrogen) atoms. The van der Waals surface area contributed by atoms with E-state index in [2.05, 4.69) is 5.32 Å². The fraction of sp³-hybridized carbons (Fsp3) is 0.280. The Morgan fingerprint density at radius 1 is 1.09 bits per heavy atom. The van der Waals surface area contributed by atoms with Crippen LogP contribution in [-0.2, 0) is 14.3 Å². The molecule has 0 aliphatic heterocycles. The highest BCUT2D eigenvalue weighted by molar-refractivity contribution is 6.03. The number of ketones is 1. The molecule has 1 amide bonds. The summed E-state index contributed by atoms with van der Waals surface area (Å²) in [7, 11) is 3.83. The third-order valence-corrected chi connectivity index (χ3v) is 4.64. The second-order valence-electron chi connectivity index (χ2n) is 7.44. The minimum atomic E-state index is -1.07. The van der Waals surface area contributed by atoms with E-state index in [9.17, 15) is 19.6 Å². The molecule has 166 valence electrons. The molecule has 1 unspecified atom stereocenters. The molecule has 0 aliphatic rings. The van der Waals surface area contributed by atoms with Crippen LogP contribution in [-0.4, -0.2) is 37.9 Å². The lowest BCUT2D eigenvalue weighted by Crippen LogP contribution is -2.25. The van der Waals surface area contributed by atoms with Crippen LogP contribution in [0.5, 0.6) is 0 Å². The number of benzene rings is 2. The lowest BCUT2D eigenvalue weighted by atomic mass is 10.1. The maximum atomic E-state index is 12.6. The van der Waals surface area contributed by atoms with Gasteiger partial charge >= 0.3 is 5.97 Å². The highest BCUT2D eigenvalue weighted by Crippen LogP contribution is 2.17. The summed E-state index contributed by atoms with van der Waals surface area (Å²) in [5.41, 5.74) is 2.37. The van der Waals surface area contributed by atoms with E-state index in [4.69, 9.17) is 4.74 Å². The van der Waals surface area contributed by atoms with Crippen LogP contribution in [0.4, 0.5) is 11.4 Å². The van der Waals surface area contributed by atoms with E-state index in [-0.39, 0.29) is 11.5 Å². The molecule has 7 heteroatoms. The third-order valence-electron chi connectivity index (χ3n) is 4.64. The van der Waals surface area contributed by atoms with Crippen molar-refractivity contribution in [3.8, 4) is 6.07 Å². The lowest BCUT2D eigenvalue weighted by Gasteiger charge is -2.13. The second-order valence-corrected chi connectivity index (χ2v) is 7.44. The number of nitrogens with one attached hydrogen (secondary N) is 1. The SMILES string of the molecule is CCCC(=O)Nc1ccc(C(=O)C(C)OC(=O)C(C#N)=Cc2ccc(N(C)C)cc2)cc1. The van der Waals surface area contributed by atoms with Crippen LogP contribution < -0.4 is 10.2 Å². The zero-order chi connectivity index (χ0) is 23.7. The van der Waals surface area contributed by atoms with Gasteiger partial charge in [0, 0.05) is 37.5 Å². The summed E-state index contributed by atoms with van der Waals surface area (Å²) >= 11 is 0. The van der Waals surface area contributed by atoms with Crippen LogP contribution in [0, 0.1) is 11.3 Å². The van der Waals surface area contributed by atoms with Gasteiger partial charge < -0.3 is 15.0 Å². The van der Waals surface area contributed by atoms with E-state index in [1.807, 2.05) is 44.1 Å². The van der Waals surface area contributed by atoms with Crippen molar-refractivity contribution in [2.24, 2.45) is 0 Å². The summed E-state index contributed by atoms with van der Waals surface area (Å²) < 4.78 is 5.22. The molecule has 2 aromatic carbocycles. The van der Waals surface area contributed by atoms with E-state index in [1.165, 1.54) is 13.0 Å². The number of rotatable bonds is 9. The minimum absolute atomic E-state index is 0.0963. The predicted octanol–water partition coefficient (Wildman–Crippen LogP) is 4.21. The number of esters is 1. The van der Waals surface area contributed by atoms with E-state index in [0.29, 0.717) is 23.2 Å². The highest BCUT2D eigenvalue weighted by Gasteiger charge is 2.22. The Morgan fingerprint density at radius 2 is 1.72 bits per heavy atom.